The lowest BCUT2D eigenvalue weighted by Crippen LogP contribution is -2.18. The van der Waals surface area contributed by atoms with E-state index in [1.807, 2.05) is 0 Å². The molecule has 0 aliphatic heterocycles. The average Bonchev–Trinajstić information content (AvgIpc) is 3.20. The molecule has 18 heavy (non-hydrogen) atoms. The van der Waals surface area contributed by atoms with Crippen LogP contribution in [0.2, 0.25) is 0 Å². The van der Waals surface area contributed by atoms with Crippen molar-refractivity contribution in [3.8, 4) is 0 Å². The molecule has 0 unspecified atom stereocenters. The number of carboxylic acids is 1. The molecule has 0 bridgehead atoms. The predicted octanol–water partition coefficient (Wildman–Crippen LogP) is 2.57. The first-order chi connectivity index (χ1) is 8.61. The molecule has 3 rings (SSSR count). The van der Waals surface area contributed by atoms with E-state index in [4.69, 9.17) is 10.8 Å². The topological polar surface area (TPSA) is 75.4 Å². The van der Waals surface area contributed by atoms with E-state index in [-0.39, 0.29) is 5.56 Å². The van der Waals surface area contributed by atoms with Gasteiger partial charge in [0.25, 0.3) is 0 Å². The standard InChI is InChI=1S/C14H18N2O2/c15-11-4-1-9(13(17)18)7-12(11)16-8-14(5-6-14)10-2-3-10/h1,4,7,10,16H,2-3,5-6,8,15H2,(H,17,18). The van der Waals surface area contributed by atoms with Gasteiger partial charge in [-0.15, -0.1) is 0 Å². The lowest BCUT2D eigenvalue weighted by Gasteiger charge is -2.17. The first-order valence-corrected chi connectivity index (χ1v) is 6.47. The van der Waals surface area contributed by atoms with Crippen molar-refractivity contribution in [1.82, 2.24) is 0 Å². The van der Waals surface area contributed by atoms with Gasteiger partial charge in [-0.3, -0.25) is 0 Å². The van der Waals surface area contributed by atoms with E-state index in [0.29, 0.717) is 11.1 Å². The lowest BCUT2D eigenvalue weighted by molar-refractivity contribution is 0.0697. The quantitative estimate of drug-likeness (QED) is 0.698. The molecule has 4 N–H and O–H groups in total. The third-order valence-corrected chi connectivity index (χ3v) is 4.27. The minimum Gasteiger partial charge on any atom is -0.478 e. The zero-order chi connectivity index (χ0) is 12.8. The van der Waals surface area contributed by atoms with Gasteiger partial charge in [-0.25, -0.2) is 4.79 Å². The van der Waals surface area contributed by atoms with Gasteiger partial charge < -0.3 is 16.2 Å². The Bertz CT molecular complexity index is 491. The average molecular weight is 246 g/mol. The molecule has 0 amide bonds. The van der Waals surface area contributed by atoms with Crippen LogP contribution in [0.25, 0.3) is 0 Å². The van der Waals surface area contributed by atoms with Crippen LogP contribution in [0.1, 0.15) is 36.0 Å². The maximum absolute atomic E-state index is 10.9. The van der Waals surface area contributed by atoms with E-state index in [2.05, 4.69) is 5.32 Å². The molecule has 2 aliphatic rings. The Kier molecular flexibility index (Phi) is 2.47. The summed E-state index contributed by atoms with van der Waals surface area (Å²) < 4.78 is 0. The van der Waals surface area contributed by atoms with Gasteiger partial charge in [-0.05, 0) is 55.2 Å². The van der Waals surface area contributed by atoms with Crippen LogP contribution in [0.4, 0.5) is 11.4 Å². The number of carboxylic acid groups (broad SMARTS) is 1. The molecule has 0 saturated heterocycles. The van der Waals surface area contributed by atoms with Crippen molar-refractivity contribution in [2.24, 2.45) is 11.3 Å². The first kappa shape index (κ1) is 11.4. The van der Waals surface area contributed by atoms with Gasteiger partial charge in [0.05, 0.1) is 16.9 Å². The van der Waals surface area contributed by atoms with E-state index < -0.39 is 5.97 Å². The molecule has 1 aromatic carbocycles. The monoisotopic (exact) mass is 246 g/mol. The van der Waals surface area contributed by atoms with Crippen LogP contribution < -0.4 is 11.1 Å². The third-order valence-electron chi connectivity index (χ3n) is 4.27. The van der Waals surface area contributed by atoms with Gasteiger partial charge in [0.1, 0.15) is 0 Å². The highest BCUT2D eigenvalue weighted by molar-refractivity contribution is 5.90. The third kappa shape index (κ3) is 2.03. The number of aromatic carboxylic acids is 1. The van der Waals surface area contributed by atoms with E-state index in [1.165, 1.54) is 31.7 Å². The Morgan fingerprint density at radius 2 is 2.17 bits per heavy atom. The summed E-state index contributed by atoms with van der Waals surface area (Å²) in [5.41, 5.74) is 8.00. The van der Waals surface area contributed by atoms with Crippen LogP contribution in [-0.2, 0) is 0 Å². The van der Waals surface area contributed by atoms with Crippen molar-refractivity contribution in [3.63, 3.8) is 0 Å². The summed E-state index contributed by atoms with van der Waals surface area (Å²) in [5.74, 6) is -0.0322. The second-order valence-electron chi connectivity index (χ2n) is 5.60. The van der Waals surface area contributed by atoms with Gasteiger partial charge in [-0.1, -0.05) is 0 Å². The number of nitrogen functional groups attached to an aromatic ring is 1. The van der Waals surface area contributed by atoms with Crippen LogP contribution in [0.5, 0.6) is 0 Å². The highest BCUT2D eigenvalue weighted by Crippen LogP contribution is 2.61. The Labute approximate surface area is 106 Å². The molecule has 2 fully saturated rings. The van der Waals surface area contributed by atoms with Crippen molar-refractivity contribution in [3.05, 3.63) is 23.8 Å². The first-order valence-electron chi connectivity index (χ1n) is 6.47. The summed E-state index contributed by atoms with van der Waals surface area (Å²) >= 11 is 0. The second-order valence-corrected chi connectivity index (χ2v) is 5.60. The smallest absolute Gasteiger partial charge is 0.335 e. The summed E-state index contributed by atoms with van der Waals surface area (Å²) in [6.45, 7) is 0.922. The van der Waals surface area contributed by atoms with Gasteiger partial charge in [0.15, 0.2) is 0 Å². The molecule has 0 radical (unpaired) electrons. The molecule has 0 spiro atoms. The zero-order valence-electron chi connectivity index (χ0n) is 10.3. The molecule has 0 atom stereocenters. The Hall–Kier alpha value is -1.71. The molecule has 1 aromatic rings. The fourth-order valence-corrected chi connectivity index (χ4v) is 2.70. The fraction of sp³-hybridized carbons (Fsp3) is 0.500. The van der Waals surface area contributed by atoms with Gasteiger partial charge in [0, 0.05) is 6.54 Å². The number of nitrogens with one attached hydrogen (secondary N) is 1. The Morgan fingerprint density at radius 3 is 2.72 bits per heavy atom. The van der Waals surface area contributed by atoms with E-state index >= 15 is 0 Å². The molecule has 4 heteroatoms. The van der Waals surface area contributed by atoms with Crippen LogP contribution in [0.3, 0.4) is 0 Å². The van der Waals surface area contributed by atoms with Crippen molar-refractivity contribution < 1.29 is 9.90 Å². The second kappa shape index (κ2) is 3.90. The molecular weight excluding hydrogens is 228 g/mol. The maximum Gasteiger partial charge on any atom is 0.335 e. The molecule has 4 nitrogen and oxygen atoms in total. The SMILES string of the molecule is Nc1ccc(C(=O)O)cc1NCC1(C2CC2)CC1. The molecule has 2 aliphatic carbocycles. The highest BCUT2D eigenvalue weighted by Gasteiger charge is 2.53. The van der Waals surface area contributed by atoms with Crippen molar-refractivity contribution in [2.45, 2.75) is 25.7 Å². The number of nitrogens with two attached hydrogens (primary N) is 1. The lowest BCUT2D eigenvalue weighted by atomic mass is 10.0. The number of anilines is 2. The van der Waals surface area contributed by atoms with Crippen molar-refractivity contribution >= 4 is 17.3 Å². The Morgan fingerprint density at radius 1 is 1.44 bits per heavy atom. The molecule has 96 valence electrons. The van der Waals surface area contributed by atoms with Gasteiger partial charge in [-0.2, -0.15) is 0 Å². The summed E-state index contributed by atoms with van der Waals surface area (Å²) in [6.07, 6.45) is 5.30. The maximum atomic E-state index is 10.9. The molecule has 0 aromatic heterocycles. The van der Waals surface area contributed by atoms with Crippen LogP contribution >= 0.6 is 0 Å². The van der Waals surface area contributed by atoms with Crippen LogP contribution in [0.15, 0.2) is 18.2 Å². The van der Waals surface area contributed by atoms with E-state index in [0.717, 1.165) is 18.2 Å². The summed E-state index contributed by atoms with van der Waals surface area (Å²) in [5, 5.41) is 12.3. The van der Waals surface area contributed by atoms with Gasteiger partial charge in [0.2, 0.25) is 0 Å². The molecule has 0 heterocycles. The number of hydrogen-bond donors (Lipinski definition) is 3. The zero-order valence-corrected chi connectivity index (χ0v) is 10.3. The minimum absolute atomic E-state index is 0.281. The molecular formula is C14H18N2O2. The fourth-order valence-electron chi connectivity index (χ4n) is 2.70. The van der Waals surface area contributed by atoms with E-state index in [1.54, 1.807) is 12.1 Å². The number of hydrogen-bond acceptors (Lipinski definition) is 3. The number of rotatable bonds is 5. The minimum atomic E-state index is -0.915. The van der Waals surface area contributed by atoms with Crippen molar-refractivity contribution in [2.75, 3.05) is 17.6 Å². The summed E-state index contributed by atoms with van der Waals surface area (Å²) in [6, 6.07) is 4.82. The number of carbonyl (C=O) groups is 1. The predicted molar refractivity (Wildman–Crippen MR) is 70.7 cm³/mol. The van der Waals surface area contributed by atoms with E-state index in [9.17, 15) is 4.79 Å². The number of benzene rings is 1. The Balaban J connectivity index is 1.71. The largest absolute Gasteiger partial charge is 0.478 e. The van der Waals surface area contributed by atoms with Crippen molar-refractivity contribution in [1.29, 1.82) is 0 Å². The summed E-state index contributed by atoms with van der Waals surface area (Å²) in [7, 11) is 0. The van der Waals surface area contributed by atoms with Crippen LogP contribution in [-0.4, -0.2) is 17.6 Å². The summed E-state index contributed by atoms with van der Waals surface area (Å²) in [4.78, 5) is 10.9. The highest BCUT2D eigenvalue weighted by atomic mass is 16.4. The normalized spacial score (nSPS) is 20.4. The molecule has 2 saturated carbocycles. The van der Waals surface area contributed by atoms with Crippen LogP contribution in [0, 0.1) is 11.3 Å². The van der Waals surface area contributed by atoms with Gasteiger partial charge >= 0.3 is 5.97 Å².